The van der Waals surface area contributed by atoms with Gasteiger partial charge in [0.15, 0.2) is 29.1 Å². The first-order valence-electron chi connectivity index (χ1n) is 15.8. The van der Waals surface area contributed by atoms with Gasteiger partial charge < -0.3 is 0 Å². The van der Waals surface area contributed by atoms with E-state index in [-0.39, 0.29) is 89.4 Å². The summed E-state index contributed by atoms with van der Waals surface area (Å²) in [5, 5.41) is 60.2. The van der Waals surface area contributed by atoms with E-state index in [1.807, 2.05) is 54.6 Å². The summed E-state index contributed by atoms with van der Waals surface area (Å²) in [6.45, 7) is 4.27. The van der Waals surface area contributed by atoms with Crippen molar-refractivity contribution in [1.82, 2.24) is 15.0 Å². The number of nitriles is 6. The minimum Gasteiger partial charge on any atom is -0.226 e. The molecule has 0 saturated heterocycles. The quantitative estimate of drug-likeness (QED) is 0.253. The van der Waals surface area contributed by atoms with Crippen LogP contribution < -0.4 is 21.4 Å². The van der Waals surface area contributed by atoms with E-state index in [2.05, 4.69) is 63.1 Å². The van der Waals surface area contributed by atoms with Crippen LogP contribution in [0.15, 0.2) is 98.3 Å². The standard InChI is InChI=1S/C40H17N13/c1-40(2)29-6-4-3-5-25(29)26-8-7-20(9-30(26)40)35-51-38(27(18-45)36-47-31-10-21(14-41)22(15-42)11-32(31)48-36)53-39(52-35)28(19-46)37-49-33-12-23(16-43)24(17-44)13-34(33)50-37/h3-13H,1-2H3. The van der Waals surface area contributed by atoms with Crippen molar-refractivity contribution in [2.24, 2.45) is 20.0 Å². The SMILES string of the molecule is CC1(C)c2ccccc2-c2ccc(-c3nc(C(C#N)=C4N=c5cc(C#N)c(C#N)cc5=N4)nc(C(C#N)=C4N=c5cc(C#N)c(C#N)cc5=N4)n3)cc21. The van der Waals surface area contributed by atoms with E-state index in [1.165, 1.54) is 29.8 Å². The molecule has 53 heavy (non-hydrogen) atoms. The van der Waals surface area contributed by atoms with Gasteiger partial charge >= 0.3 is 0 Å². The van der Waals surface area contributed by atoms with E-state index >= 15 is 0 Å². The van der Waals surface area contributed by atoms with Crippen molar-refractivity contribution in [2.75, 3.05) is 0 Å². The maximum Gasteiger partial charge on any atom is 0.178 e. The van der Waals surface area contributed by atoms with Gasteiger partial charge in [-0.1, -0.05) is 50.2 Å². The average molecular weight is 680 g/mol. The monoisotopic (exact) mass is 679 g/mol. The molecule has 13 heteroatoms. The molecule has 242 valence electrons. The van der Waals surface area contributed by atoms with Crippen molar-refractivity contribution in [3.05, 3.63) is 145 Å². The molecule has 0 saturated carbocycles. The summed E-state index contributed by atoms with van der Waals surface area (Å²) in [6, 6.07) is 31.8. The summed E-state index contributed by atoms with van der Waals surface area (Å²) < 4.78 is 0. The number of benzene rings is 4. The third-order valence-electron chi connectivity index (χ3n) is 9.21. The maximum absolute atomic E-state index is 10.5. The van der Waals surface area contributed by atoms with Crippen LogP contribution in [0.3, 0.4) is 0 Å². The molecule has 3 heterocycles. The van der Waals surface area contributed by atoms with Crippen LogP contribution in [0.5, 0.6) is 0 Å². The third kappa shape index (κ3) is 4.91. The number of aromatic nitrogens is 3. The molecule has 0 unspecified atom stereocenters. The van der Waals surface area contributed by atoms with Crippen LogP contribution in [-0.2, 0) is 5.41 Å². The van der Waals surface area contributed by atoms with E-state index in [0.29, 0.717) is 5.56 Å². The smallest absolute Gasteiger partial charge is 0.178 e. The van der Waals surface area contributed by atoms with Crippen molar-refractivity contribution in [1.29, 1.82) is 31.6 Å². The first kappa shape index (κ1) is 31.8. The number of fused-ring (bicyclic) bond motifs is 5. The summed E-state index contributed by atoms with van der Waals surface area (Å²) in [5.74, 6) is -0.262. The molecule has 4 aromatic carbocycles. The Morgan fingerprint density at radius 2 is 0.943 bits per heavy atom. The summed E-state index contributed by atoms with van der Waals surface area (Å²) in [6.07, 6.45) is 0. The molecule has 13 nitrogen and oxygen atoms in total. The summed E-state index contributed by atoms with van der Waals surface area (Å²) in [7, 11) is 0. The third-order valence-corrected chi connectivity index (χ3v) is 9.21. The Balaban J connectivity index is 1.37. The summed E-state index contributed by atoms with van der Waals surface area (Å²) >= 11 is 0. The van der Waals surface area contributed by atoms with Crippen LogP contribution in [0.1, 0.15) is 58.9 Å². The Hall–Kier alpha value is -8.49. The highest BCUT2D eigenvalue weighted by Crippen LogP contribution is 2.49. The molecule has 0 spiro atoms. The molecule has 5 aromatic rings. The first-order chi connectivity index (χ1) is 25.7. The van der Waals surface area contributed by atoms with Gasteiger partial charge in [0, 0.05) is 11.0 Å². The summed E-state index contributed by atoms with van der Waals surface area (Å²) in [4.78, 5) is 31.8. The van der Waals surface area contributed by atoms with Gasteiger partial charge in [0.1, 0.15) is 47.6 Å². The molecule has 0 atom stereocenters. The zero-order chi connectivity index (χ0) is 37.0. The highest BCUT2D eigenvalue weighted by molar-refractivity contribution is 5.84. The second-order valence-electron chi connectivity index (χ2n) is 12.5. The Morgan fingerprint density at radius 1 is 0.509 bits per heavy atom. The van der Waals surface area contributed by atoms with Crippen LogP contribution >= 0.6 is 0 Å². The van der Waals surface area contributed by atoms with Crippen molar-refractivity contribution < 1.29 is 0 Å². The lowest BCUT2D eigenvalue weighted by Crippen LogP contribution is -2.22. The van der Waals surface area contributed by atoms with Crippen molar-refractivity contribution in [3.8, 4) is 58.9 Å². The van der Waals surface area contributed by atoms with Crippen molar-refractivity contribution >= 4 is 11.1 Å². The Morgan fingerprint density at radius 3 is 1.38 bits per heavy atom. The van der Waals surface area contributed by atoms with E-state index < -0.39 is 0 Å². The second kappa shape index (κ2) is 11.8. The predicted octanol–water partition coefficient (Wildman–Crippen LogP) is 3.62. The Bertz CT molecular complexity index is 2890. The number of hydrogen-bond acceptors (Lipinski definition) is 13. The van der Waals surface area contributed by atoms with Gasteiger partial charge in [-0.3, -0.25) is 0 Å². The zero-order valence-corrected chi connectivity index (χ0v) is 27.7. The van der Waals surface area contributed by atoms with Gasteiger partial charge in [0.25, 0.3) is 0 Å². The molecule has 1 aliphatic carbocycles. The molecule has 0 N–H and O–H groups in total. The van der Waals surface area contributed by atoms with Gasteiger partial charge in [-0.25, -0.2) is 34.9 Å². The highest BCUT2D eigenvalue weighted by Gasteiger charge is 2.35. The summed E-state index contributed by atoms with van der Waals surface area (Å²) in [5.41, 5.74) is 4.74. The topological polar surface area (TPSA) is 231 Å². The van der Waals surface area contributed by atoms with Gasteiger partial charge in [-0.15, -0.1) is 0 Å². The lowest BCUT2D eigenvalue weighted by atomic mass is 9.82. The lowest BCUT2D eigenvalue weighted by molar-refractivity contribution is 0.660. The van der Waals surface area contributed by atoms with Crippen molar-refractivity contribution in [3.63, 3.8) is 0 Å². The molecular weight excluding hydrogens is 663 g/mol. The van der Waals surface area contributed by atoms with E-state index in [4.69, 9.17) is 9.97 Å². The van der Waals surface area contributed by atoms with Crippen LogP contribution in [-0.4, -0.2) is 15.0 Å². The average Bonchev–Trinajstić information content (AvgIpc) is 3.85. The molecule has 0 bridgehead atoms. The molecule has 0 radical (unpaired) electrons. The minimum atomic E-state index is -0.351. The van der Waals surface area contributed by atoms with Gasteiger partial charge in [-0.05, 0) is 52.6 Å². The largest absolute Gasteiger partial charge is 0.226 e. The normalized spacial score (nSPS) is 13.3. The Labute approximate surface area is 300 Å². The molecule has 2 aliphatic heterocycles. The van der Waals surface area contributed by atoms with E-state index in [9.17, 15) is 31.6 Å². The maximum atomic E-state index is 10.5. The van der Waals surface area contributed by atoms with Crippen LogP contribution in [0.2, 0.25) is 0 Å². The first-order valence-corrected chi connectivity index (χ1v) is 15.8. The van der Waals surface area contributed by atoms with Crippen LogP contribution in [0, 0.1) is 68.0 Å². The lowest BCUT2D eigenvalue weighted by Gasteiger charge is -2.21. The number of hydrogen-bond donors (Lipinski definition) is 0. The number of nitrogens with zero attached hydrogens (tertiary/aromatic N) is 13. The van der Waals surface area contributed by atoms with Gasteiger partial charge in [0.05, 0.1) is 43.7 Å². The molecule has 1 aromatic heterocycles. The number of allylic oxidation sites excluding steroid dienone is 2. The molecule has 3 aliphatic rings. The van der Waals surface area contributed by atoms with Crippen LogP contribution in [0.4, 0.5) is 0 Å². The fourth-order valence-corrected chi connectivity index (χ4v) is 6.58. The molecular formula is C40H17N13. The van der Waals surface area contributed by atoms with Gasteiger partial charge in [-0.2, -0.15) is 31.6 Å². The van der Waals surface area contributed by atoms with E-state index in [0.717, 1.165) is 16.7 Å². The van der Waals surface area contributed by atoms with Crippen LogP contribution in [0.25, 0.3) is 33.7 Å². The zero-order valence-electron chi connectivity index (χ0n) is 27.7. The molecule has 8 rings (SSSR count). The van der Waals surface area contributed by atoms with Crippen molar-refractivity contribution in [2.45, 2.75) is 19.3 Å². The Kier molecular flexibility index (Phi) is 7.09. The van der Waals surface area contributed by atoms with E-state index in [1.54, 1.807) is 0 Å². The van der Waals surface area contributed by atoms with Gasteiger partial charge in [0.2, 0.25) is 0 Å². The molecule has 0 amide bonds. The minimum absolute atomic E-state index is 0.0583. The number of rotatable bonds is 3. The fourth-order valence-electron chi connectivity index (χ4n) is 6.58. The predicted molar refractivity (Wildman–Crippen MR) is 184 cm³/mol. The second-order valence-corrected chi connectivity index (χ2v) is 12.5. The highest BCUT2D eigenvalue weighted by atomic mass is 15.1. The molecule has 0 fully saturated rings. The fraction of sp³-hybridized carbons (Fsp3) is 0.0750.